The zero-order valence-corrected chi connectivity index (χ0v) is 10.4. The number of hydrogen-bond acceptors (Lipinski definition) is 3. The van der Waals surface area contributed by atoms with Crippen molar-refractivity contribution in [2.24, 2.45) is 23.7 Å². The molecule has 4 saturated carbocycles. The second kappa shape index (κ2) is 3.33. The first kappa shape index (κ1) is 10.5. The van der Waals surface area contributed by atoms with E-state index in [0.717, 1.165) is 11.8 Å². The van der Waals surface area contributed by atoms with Gasteiger partial charge in [0.1, 0.15) is 11.5 Å². The van der Waals surface area contributed by atoms with Crippen molar-refractivity contribution in [3.63, 3.8) is 0 Å². The fourth-order valence-electron chi connectivity index (χ4n) is 5.03. The summed E-state index contributed by atoms with van der Waals surface area (Å²) in [6.45, 7) is 0. The number of rotatable bonds is 1. The first-order chi connectivity index (χ1) is 8.63. The minimum atomic E-state index is -0.235. The van der Waals surface area contributed by atoms with E-state index >= 15 is 0 Å². The Balaban J connectivity index is 1.76. The molecule has 1 heterocycles. The normalized spacial score (nSPS) is 41.4. The largest absolute Gasteiger partial charge is 0.391 e. The van der Waals surface area contributed by atoms with E-state index in [1.165, 1.54) is 32.1 Å². The van der Waals surface area contributed by atoms with Gasteiger partial charge in [0.2, 0.25) is 0 Å². The van der Waals surface area contributed by atoms with Crippen molar-refractivity contribution in [3.05, 3.63) is 10.4 Å². The van der Waals surface area contributed by atoms with Gasteiger partial charge in [-0.2, -0.15) is 0 Å². The summed E-state index contributed by atoms with van der Waals surface area (Å²) in [6.07, 6.45) is 6.64. The van der Waals surface area contributed by atoms with Gasteiger partial charge in [-0.1, -0.05) is 0 Å². The Morgan fingerprint density at radius 3 is 2.00 bits per heavy atom. The lowest BCUT2D eigenvalue weighted by molar-refractivity contribution is -0.0328. The van der Waals surface area contributed by atoms with Gasteiger partial charge in [0.25, 0.3) is 5.56 Å². The third-order valence-electron chi connectivity index (χ3n) is 5.48. The number of aromatic nitrogens is 2. The van der Waals surface area contributed by atoms with Crippen LogP contribution in [0.15, 0.2) is 4.79 Å². The van der Waals surface area contributed by atoms with Gasteiger partial charge in [0, 0.05) is 0 Å². The summed E-state index contributed by atoms with van der Waals surface area (Å²) in [6, 6.07) is 0.378. The molecule has 0 unspecified atom stereocenters. The monoisotopic (exact) mass is 248 g/mol. The minimum Gasteiger partial charge on any atom is -0.391 e. The number of aromatic amines is 1. The SMILES string of the molecule is Nc1c(N)n(C2C3CC4CC(C3)CC2C4)[nH]c1=O. The predicted molar refractivity (Wildman–Crippen MR) is 70.0 cm³/mol. The number of nitrogens with two attached hydrogens (primary N) is 2. The van der Waals surface area contributed by atoms with Crippen LogP contribution >= 0.6 is 0 Å². The molecule has 98 valence electrons. The molecule has 0 aliphatic heterocycles. The van der Waals surface area contributed by atoms with Crippen molar-refractivity contribution in [2.45, 2.75) is 38.1 Å². The first-order valence-corrected chi connectivity index (χ1v) is 6.99. The molecule has 5 rings (SSSR count). The van der Waals surface area contributed by atoms with Crippen LogP contribution in [0.1, 0.15) is 38.1 Å². The molecule has 4 fully saturated rings. The Bertz CT molecular complexity index is 516. The maximum absolute atomic E-state index is 11.6. The predicted octanol–water partition coefficient (Wildman–Crippen LogP) is 1.34. The van der Waals surface area contributed by atoms with Crippen LogP contribution in [-0.4, -0.2) is 9.78 Å². The van der Waals surface area contributed by atoms with E-state index in [4.69, 9.17) is 11.5 Å². The summed E-state index contributed by atoms with van der Waals surface area (Å²) in [7, 11) is 0. The van der Waals surface area contributed by atoms with Crippen molar-refractivity contribution >= 4 is 11.5 Å². The third kappa shape index (κ3) is 1.25. The van der Waals surface area contributed by atoms with Crippen LogP contribution in [0.5, 0.6) is 0 Å². The van der Waals surface area contributed by atoms with E-state index in [9.17, 15) is 4.79 Å². The highest BCUT2D eigenvalue weighted by Crippen LogP contribution is 2.58. The van der Waals surface area contributed by atoms with Gasteiger partial charge in [0.15, 0.2) is 0 Å². The van der Waals surface area contributed by atoms with Crippen LogP contribution in [-0.2, 0) is 0 Å². The third-order valence-corrected chi connectivity index (χ3v) is 5.48. The first-order valence-electron chi connectivity index (χ1n) is 6.99. The smallest absolute Gasteiger partial charge is 0.289 e. The van der Waals surface area contributed by atoms with Gasteiger partial charge < -0.3 is 11.5 Å². The van der Waals surface area contributed by atoms with Gasteiger partial charge in [-0.25, -0.2) is 0 Å². The molecule has 0 spiro atoms. The average Bonchev–Trinajstić information content (AvgIpc) is 2.56. The van der Waals surface area contributed by atoms with E-state index in [2.05, 4.69) is 5.10 Å². The number of nitrogen functional groups attached to an aromatic ring is 2. The molecule has 0 saturated heterocycles. The number of H-pyrrole nitrogens is 1. The Kier molecular flexibility index (Phi) is 1.95. The van der Waals surface area contributed by atoms with Gasteiger partial charge in [-0.3, -0.25) is 14.6 Å². The van der Waals surface area contributed by atoms with Crippen molar-refractivity contribution in [3.8, 4) is 0 Å². The quantitative estimate of drug-likeness (QED) is 0.700. The Hall–Kier alpha value is -1.39. The lowest BCUT2D eigenvalue weighted by Gasteiger charge is -2.54. The maximum atomic E-state index is 11.6. The lowest BCUT2D eigenvalue weighted by atomic mass is 9.54. The van der Waals surface area contributed by atoms with E-state index in [1.54, 1.807) is 0 Å². The van der Waals surface area contributed by atoms with Crippen LogP contribution in [0, 0.1) is 23.7 Å². The standard InChI is InChI=1S/C13H20N4O/c14-10-12(15)17(16-13(10)18)11-8-2-6-1-7(4-8)5-9(11)3-6/h6-9,11H,1-5,14-15H2,(H,16,18). The number of anilines is 2. The molecular weight excluding hydrogens is 228 g/mol. The van der Waals surface area contributed by atoms with Gasteiger partial charge in [-0.05, 0) is 55.8 Å². The topological polar surface area (TPSA) is 89.8 Å². The highest BCUT2D eigenvalue weighted by molar-refractivity contribution is 5.57. The molecule has 4 bridgehead atoms. The molecule has 1 aromatic heterocycles. The summed E-state index contributed by atoms with van der Waals surface area (Å²) in [5, 5.41) is 2.85. The highest BCUT2D eigenvalue weighted by Gasteiger charge is 2.49. The van der Waals surface area contributed by atoms with Crippen molar-refractivity contribution < 1.29 is 0 Å². The van der Waals surface area contributed by atoms with E-state index < -0.39 is 0 Å². The van der Waals surface area contributed by atoms with Crippen LogP contribution in [0.2, 0.25) is 0 Å². The Morgan fingerprint density at radius 2 is 1.56 bits per heavy atom. The second-order valence-electron chi connectivity index (χ2n) is 6.53. The summed E-state index contributed by atoms with van der Waals surface area (Å²) >= 11 is 0. The molecule has 18 heavy (non-hydrogen) atoms. The van der Waals surface area contributed by atoms with Crippen molar-refractivity contribution in [1.82, 2.24) is 9.78 Å². The Morgan fingerprint density at radius 1 is 1.00 bits per heavy atom. The van der Waals surface area contributed by atoms with E-state index in [-0.39, 0.29) is 11.2 Å². The molecule has 0 radical (unpaired) electrons. The minimum absolute atomic E-state index is 0.184. The lowest BCUT2D eigenvalue weighted by Crippen LogP contribution is -2.46. The van der Waals surface area contributed by atoms with Gasteiger partial charge >= 0.3 is 0 Å². The van der Waals surface area contributed by atoms with Crippen molar-refractivity contribution in [1.29, 1.82) is 0 Å². The van der Waals surface area contributed by atoms with Crippen LogP contribution in [0.25, 0.3) is 0 Å². The molecule has 0 atom stereocenters. The zero-order chi connectivity index (χ0) is 12.4. The van der Waals surface area contributed by atoms with Crippen molar-refractivity contribution in [2.75, 3.05) is 11.5 Å². The van der Waals surface area contributed by atoms with Gasteiger partial charge in [-0.15, -0.1) is 0 Å². The summed E-state index contributed by atoms with van der Waals surface area (Å²) in [5.41, 5.74) is 11.6. The molecule has 0 amide bonds. The average molecular weight is 248 g/mol. The van der Waals surface area contributed by atoms with Crippen LogP contribution in [0.4, 0.5) is 11.5 Å². The molecule has 4 aliphatic carbocycles. The molecule has 1 aromatic rings. The second-order valence-corrected chi connectivity index (χ2v) is 6.53. The molecular formula is C13H20N4O. The summed E-state index contributed by atoms with van der Waals surface area (Å²) < 4.78 is 1.88. The fourth-order valence-corrected chi connectivity index (χ4v) is 5.03. The van der Waals surface area contributed by atoms with E-state index in [0.29, 0.717) is 23.7 Å². The van der Waals surface area contributed by atoms with Crippen LogP contribution in [0.3, 0.4) is 0 Å². The van der Waals surface area contributed by atoms with E-state index in [1.807, 2.05) is 4.68 Å². The van der Waals surface area contributed by atoms with Gasteiger partial charge in [0.05, 0.1) is 6.04 Å². The van der Waals surface area contributed by atoms with Crippen LogP contribution < -0.4 is 17.0 Å². The molecule has 0 aromatic carbocycles. The zero-order valence-electron chi connectivity index (χ0n) is 10.4. The number of nitrogens with one attached hydrogen (secondary N) is 1. The number of nitrogens with zero attached hydrogens (tertiary/aromatic N) is 1. The summed E-state index contributed by atoms with van der Waals surface area (Å²) in [5.74, 6) is 3.66. The fraction of sp³-hybridized carbons (Fsp3) is 0.769. The molecule has 4 aliphatic rings. The highest BCUT2D eigenvalue weighted by atomic mass is 16.1. The maximum Gasteiger partial charge on any atom is 0.289 e. The summed E-state index contributed by atoms with van der Waals surface area (Å²) in [4.78, 5) is 11.6. The molecule has 5 nitrogen and oxygen atoms in total. The molecule has 5 N–H and O–H groups in total. The number of hydrogen-bond donors (Lipinski definition) is 3. The Labute approximate surface area is 106 Å². The molecule has 5 heteroatoms.